The molecule has 0 aliphatic heterocycles. The number of imidazole rings is 1. The van der Waals surface area contributed by atoms with Crippen LogP contribution in [-0.4, -0.2) is 32.4 Å². The number of nitrogens with zero attached hydrogens (tertiary/aromatic N) is 2. The minimum atomic E-state index is 0.0824. The Morgan fingerprint density at radius 1 is 1.50 bits per heavy atom. The Balaban J connectivity index is 2.23. The fourth-order valence-corrected chi connectivity index (χ4v) is 3.14. The smallest absolute Gasteiger partial charge is 0.194 e. The molecule has 2 aromatic rings. The third-order valence-corrected chi connectivity index (χ3v) is 4.18. The van der Waals surface area contributed by atoms with Crippen molar-refractivity contribution in [2.45, 2.75) is 37.9 Å². The minimum Gasteiger partial charge on any atom is -0.396 e. The van der Waals surface area contributed by atoms with Gasteiger partial charge in [0.2, 0.25) is 0 Å². The molecule has 0 aromatic carbocycles. The number of fused-ring (bicyclic) bond motifs is 1. The summed E-state index contributed by atoms with van der Waals surface area (Å²) in [6, 6.07) is 0. The molecular weight excluding hydrogens is 266 g/mol. The molecular formula is C12H19N3OS2. The number of aromatic nitrogens is 2. The fourth-order valence-electron chi connectivity index (χ4n) is 1.58. The third-order valence-electron chi connectivity index (χ3n) is 2.44. The van der Waals surface area contributed by atoms with Gasteiger partial charge in [0.25, 0.3) is 0 Å². The summed E-state index contributed by atoms with van der Waals surface area (Å²) in [5.74, 6) is 0.688. The molecule has 2 aromatic heterocycles. The molecule has 0 spiro atoms. The molecule has 0 aliphatic carbocycles. The number of nitrogens with one attached hydrogen (secondary N) is 1. The Hall–Kier alpha value is -0.560. The first-order valence-electron chi connectivity index (χ1n) is 5.94. The third kappa shape index (κ3) is 3.26. The molecule has 0 aliphatic rings. The summed E-state index contributed by atoms with van der Waals surface area (Å²) in [6.07, 6.45) is 2.05. The van der Waals surface area contributed by atoms with Gasteiger partial charge in [0.05, 0.1) is 12.3 Å². The van der Waals surface area contributed by atoms with Crippen molar-refractivity contribution in [2.24, 2.45) is 0 Å². The molecule has 18 heavy (non-hydrogen) atoms. The van der Waals surface area contributed by atoms with Crippen LogP contribution in [0.25, 0.3) is 4.96 Å². The Bertz CT molecular complexity index is 513. The van der Waals surface area contributed by atoms with Crippen LogP contribution in [0.15, 0.2) is 16.6 Å². The molecule has 2 N–H and O–H groups in total. The molecule has 0 atom stereocenters. The van der Waals surface area contributed by atoms with Gasteiger partial charge in [-0.3, -0.25) is 4.40 Å². The fraction of sp³-hybridized carbons (Fsp3) is 0.583. The van der Waals surface area contributed by atoms with Gasteiger partial charge in [0.1, 0.15) is 5.03 Å². The van der Waals surface area contributed by atoms with Crippen LogP contribution in [0.4, 0.5) is 0 Å². The zero-order chi connectivity index (χ0) is 13.2. The Morgan fingerprint density at radius 3 is 2.94 bits per heavy atom. The summed E-state index contributed by atoms with van der Waals surface area (Å²) < 4.78 is 2.13. The molecule has 6 heteroatoms. The predicted octanol–water partition coefficient (Wildman–Crippen LogP) is 2.37. The van der Waals surface area contributed by atoms with Crippen molar-refractivity contribution < 1.29 is 5.11 Å². The van der Waals surface area contributed by atoms with Crippen molar-refractivity contribution in [3.8, 4) is 0 Å². The van der Waals surface area contributed by atoms with Crippen molar-refractivity contribution in [3.63, 3.8) is 0 Å². The molecule has 0 saturated heterocycles. The average molecular weight is 285 g/mol. The molecule has 4 nitrogen and oxygen atoms in total. The lowest BCUT2D eigenvalue weighted by Gasteiger charge is -2.20. The average Bonchev–Trinajstić information content (AvgIpc) is 2.82. The summed E-state index contributed by atoms with van der Waals surface area (Å²) >= 11 is 3.25. The van der Waals surface area contributed by atoms with Crippen LogP contribution in [-0.2, 0) is 6.54 Å². The lowest BCUT2D eigenvalue weighted by molar-refractivity contribution is 0.322. The largest absolute Gasteiger partial charge is 0.396 e. The van der Waals surface area contributed by atoms with Crippen molar-refractivity contribution in [1.29, 1.82) is 0 Å². The van der Waals surface area contributed by atoms with Gasteiger partial charge in [-0.05, 0) is 20.8 Å². The number of hydrogen-bond acceptors (Lipinski definition) is 5. The van der Waals surface area contributed by atoms with E-state index in [0.29, 0.717) is 5.75 Å². The second-order valence-corrected chi connectivity index (χ2v) is 7.05. The molecule has 100 valence electrons. The second-order valence-electron chi connectivity index (χ2n) is 5.09. The van der Waals surface area contributed by atoms with Crippen LogP contribution in [0.2, 0.25) is 0 Å². The van der Waals surface area contributed by atoms with Crippen LogP contribution in [0.5, 0.6) is 0 Å². The van der Waals surface area contributed by atoms with Gasteiger partial charge in [-0.1, -0.05) is 0 Å². The van der Waals surface area contributed by atoms with Gasteiger partial charge < -0.3 is 10.4 Å². The van der Waals surface area contributed by atoms with Gasteiger partial charge in [-0.2, -0.15) is 0 Å². The lowest BCUT2D eigenvalue weighted by Crippen LogP contribution is -2.35. The summed E-state index contributed by atoms with van der Waals surface area (Å²) in [6.45, 7) is 7.43. The number of rotatable bonds is 5. The van der Waals surface area contributed by atoms with Gasteiger partial charge in [-0.25, -0.2) is 4.98 Å². The molecule has 0 fully saturated rings. The summed E-state index contributed by atoms with van der Waals surface area (Å²) in [7, 11) is 0. The van der Waals surface area contributed by atoms with Gasteiger partial charge in [0.15, 0.2) is 4.96 Å². The highest BCUT2D eigenvalue weighted by molar-refractivity contribution is 7.99. The Labute approximate surface area is 115 Å². The van der Waals surface area contributed by atoms with Crippen LogP contribution in [0.3, 0.4) is 0 Å². The normalized spacial score (nSPS) is 12.4. The highest BCUT2D eigenvalue weighted by atomic mass is 32.2. The van der Waals surface area contributed by atoms with E-state index < -0.39 is 0 Å². The summed E-state index contributed by atoms with van der Waals surface area (Å²) in [4.78, 5) is 5.62. The van der Waals surface area contributed by atoms with Crippen molar-refractivity contribution in [3.05, 3.63) is 17.3 Å². The van der Waals surface area contributed by atoms with E-state index in [9.17, 15) is 0 Å². The summed E-state index contributed by atoms with van der Waals surface area (Å²) in [5, 5.41) is 15.5. The molecule has 2 rings (SSSR count). The van der Waals surface area contributed by atoms with Crippen molar-refractivity contribution >= 4 is 28.1 Å². The molecule has 0 bridgehead atoms. The Morgan fingerprint density at radius 2 is 2.28 bits per heavy atom. The quantitative estimate of drug-likeness (QED) is 0.828. The second kappa shape index (κ2) is 5.61. The maximum Gasteiger partial charge on any atom is 0.194 e. The molecule has 2 heterocycles. The lowest BCUT2D eigenvalue weighted by atomic mass is 10.1. The zero-order valence-corrected chi connectivity index (χ0v) is 12.6. The topological polar surface area (TPSA) is 49.6 Å². The highest BCUT2D eigenvalue weighted by Gasteiger charge is 2.16. The SMILES string of the molecule is CC(C)(C)NCc1c(SCCO)nc2sccn12. The highest BCUT2D eigenvalue weighted by Crippen LogP contribution is 2.26. The number of aliphatic hydroxyl groups excluding tert-OH is 1. The van der Waals surface area contributed by atoms with E-state index in [4.69, 9.17) is 5.11 Å². The first-order valence-corrected chi connectivity index (χ1v) is 7.81. The monoisotopic (exact) mass is 285 g/mol. The van der Waals surface area contributed by atoms with E-state index in [-0.39, 0.29) is 12.1 Å². The van der Waals surface area contributed by atoms with E-state index in [0.717, 1.165) is 16.5 Å². The van der Waals surface area contributed by atoms with E-state index in [1.165, 1.54) is 5.69 Å². The maximum absolute atomic E-state index is 8.93. The van der Waals surface area contributed by atoms with Crippen LogP contribution < -0.4 is 5.32 Å². The minimum absolute atomic E-state index is 0.0824. The van der Waals surface area contributed by atoms with Crippen LogP contribution in [0, 0.1) is 0 Å². The number of thiazole rings is 1. The maximum atomic E-state index is 8.93. The summed E-state index contributed by atoms with van der Waals surface area (Å²) in [5.41, 5.74) is 1.26. The van der Waals surface area contributed by atoms with Crippen molar-refractivity contribution in [1.82, 2.24) is 14.7 Å². The van der Waals surface area contributed by atoms with E-state index in [1.54, 1.807) is 23.1 Å². The van der Waals surface area contributed by atoms with Gasteiger partial charge >= 0.3 is 0 Å². The van der Waals surface area contributed by atoms with E-state index in [2.05, 4.69) is 41.7 Å². The number of hydrogen-bond donors (Lipinski definition) is 2. The first kappa shape index (κ1) is 13.9. The molecule has 0 radical (unpaired) electrons. The molecule has 0 saturated carbocycles. The van der Waals surface area contributed by atoms with Gasteiger partial charge in [-0.15, -0.1) is 23.1 Å². The van der Waals surface area contributed by atoms with Crippen LogP contribution >= 0.6 is 23.1 Å². The van der Waals surface area contributed by atoms with E-state index in [1.807, 2.05) is 5.38 Å². The van der Waals surface area contributed by atoms with Gasteiger partial charge in [0, 0.05) is 29.4 Å². The molecule has 0 unspecified atom stereocenters. The predicted molar refractivity (Wildman–Crippen MR) is 77.5 cm³/mol. The van der Waals surface area contributed by atoms with E-state index >= 15 is 0 Å². The zero-order valence-electron chi connectivity index (χ0n) is 10.9. The standard InChI is InChI=1S/C12H19N3OS2/c1-12(2,3)13-8-9-10(17-7-5-16)14-11-15(9)4-6-18-11/h4,6,13,16H,5,7-8H2,1-3H3. The van der Waals surface area contributed by atoms with Crippen molar-refractivity contribution in [2.75, 3.05) is 12.4 Å². The number of aliphatic hydroxyl groups is 1. The molecule has 0 amide bonds. The first-order chi connectivity index (χ1) is 8.51. The Kier molecular flexibility index (Phi) is 4.32. The number of thioether (sulfide) groups is 1. The van der Waals surface area contributed by atoms with Crippen LogP contribution in [0.1, 0.15) is 26.5 Å².